The van der Waals surface area contributed by atoms with Gasteiger partial charge in [0.15, 0.2) is 0 Å². The van der Waals surface area contributed by atoms with Crippen molar-refractivity contribution in [3.63, 3.8) is 0 Å². The van der Waals surface area contributed by atoms with Gasteiger partial charge in [-0.15, -0.1) is 13.2 Å². The molecular formula is C21H21F3N4O3. The van der Waals surface area contributed by atoms with Crippen LogP contribution in [-0.2, 0) is 0 Å². The van der Waals surface area contributed by atoms with Gasteiger partial charge in [-0.2, -0.15) is 0 Å². The summed E-state index contributed by atoms with van der Waals surface area (Å²) in [5, 5.41) is 2.97. The molecule has 2 unspecified atom stereocenters. The number of aromatic nitrogens is 2. The minimum atomic E-state index is -4.82. The molecule has 164 valence electrons. The fraction of sp³-hybridized carbons (Fsp3) is 0.429. The van der Waals surface area contributed by atoms with Crippen molar-refractivity contribution >= 4 is 11.8 Å². The molecule has 1 N–H and O–H groups in total. The molecule has 31 heavy (non-hydrogen) atoms. The average Bonchev–Trinajstić information content (AvgIpc) is 2.97. The Morgan fingerprint density at radius 3 is 2.45 bits per heavy atom. The van der Waals surface area contributed by atoms with Gasteiger partial charge >= 0.3 is 6.36 Å². The number of halogens is 3. The van der Waals surface area contributed by atoms with E-state index in [9.17, 15) is 22.8 Å². The van der Waals surface area contributed by atoms with Crippen LogP contribution in [0.1, 0.15) is 52.2 Å². The van der Waals surface area contributed by atoms with E-state index in [4.69, 9.17) is 0 Å². The van der Waals surface area contributed by atoms with E-state index >= 15 is 0 Å². The highest BCUT2D eigenvalue weighted by molar-refractivity contribution is 5.95. The van der Waals surface area contributed by atoms with Crippen LogP contribution in [0.15, 0.2) is 36.7 Å². The number of nitrogens with one attached hydrogen (secondary N) is 1. The molecule has 0 aliphatic carbocycles. The Balaban J connectivity index is 1.42. The Morgan fingerprint density at radius 1 is 1.13 bits per heavy atom. The summed E-state index contributed by atoms with van der Waals surface area (Å²) in [6, 6.07) is 4.83. The van der Waals surface area contributed by atoms with Gasteiger partial charge < -0.3 is 15.0 Å². The highest BCUT2D eigenvalue weighted by atomic mass is 19.4. The van der Waals surface area contributed by atoms with Crippen LogP contribution < -0.4 is 10.1 Å². The summed E-state index contributed by atoms with van der Waals surface area (Å²) in [6.07, 6.45) is 0.846. The summed E-state index contributed by atoms with van der Waals surface area (Å²) in [5.41, 5.74) is 1.10. The number of carbonyl (C=O) groups excluding carboxylic acids is 2. The molecule has 2 aromatic rings. The molecule has 0 saturated carbocycles. The third kappa shape index (κ3) is 4.78. The second kappa shape index (κ2) is 8.16. The standard InChI is InChI=1S/C21H21F3N4O3/c1-12-10-26-18(11-25-12)19(29)27-14-8-15-5-6-16(9-14)28(15)20(30)13-3-2-4-17(7-13)31-21(22,23)24/h2-4,7,10-11,14-16H,5-6,8-9H2,1H3,(H,27,29). The lowest BCUT2D eigenvalue weighted by atomic mass is 9.96. The lowest BCUT2D eigenvalue weighted by molar-refractivity contribution is -0.274. The first-order valence-corrected chi connectivity index (χ1v) is 9.97. The number of benzene rings is 1. The minimum Gasteiger partial charge on any atom is -0.406 e. The smallest absolute Gasteiger partial charge is 0.406 e. The molecule has 0 radical (unpaired) electrons. The zero-order valence-corrected chi connectivity index (χ0v) is 16.7. The Hall–Kier alpha value is -3.17. The number of hydrogen-bond acceptors (Lipinski definition) is 5. The summed E-state index contributed by atoms with van der Waals surface area (Å²) in [6.45, 7) is 1.78. The molecule has 4 rings (SSSR count). The zero-order chi connectivity index (χ0) is 22.2. The molecular weight excluding hydrogens is 413 g/mol. The second-order valence-electron chi connectivity index (χ2n) is 7.86. The van der Waals surface area contributed by atoms with Gasteiger partial charge in [-0.05, 0) is 50.8 Å². The van der Waals surface area contributed by atoms with Gasteiger partial charge in [-0.3, -0.25) is 14.6 Å². The van der Waals surface area contributed by atoms with Crippen molar-refractivity contribution in [3.05, 3.63) is 53.6 Å². The number of ether oxygens (including phenoxy) is 1. The molecule has 0 spiro atoms. The van der Waals surface area contributed by atoms with Crippen molar-refractivity contribution < 1.29 is 27.5 Å². The van der Waals surface area contributed by atoms with E-state index in [1.807, 2.05) is 0 Å². The largest absolute Gasteiger partial charge is 0.573 e. The third-order valence-electron chi connectivity index (χ3n) is 5.63. The van der Waals surface area contributed by atoms with Crippen molar-refractivity contribution in [2.24, 2.45) is 0 Å². The maximum Gasteiger partial charge on any atom is 0.573 e. The van der Waals surface area contributed by atoms with Crippen LogP contribution in [0.4, 0.5) is 13.2 Å². The average molecular weight is 434 g/mol. The highest BCUT2D eigenvalue weighted by Crippen LogP contribution is 2.37. The number of fused-ring (bicyclic) bond motifs is 2. The van der Waals surface area contributed by atoms with E-state index in [2.05, 4.69) is 20.0 Å². The van der Waals surface area contributed by atoms with Gasteiger partial charge in [0.05, 0.1) is 11.9 Å². The number of carbonyl (C=O) groups is 2. The SMILES string of the molecule is Cc1cnc(C(=O)NC2CC3CCC(C2)N3C(=O)c2cccc(OC(F)(F)F)c2)cn1. The van der Waals surface area contributed by atoms with Crippen molar-refractivity contribution in [3.8, 4) is 5.75 Å². The first-order chi connectivity index (χ1) is 14.7. The number of rotatable bonds is 4. The summed E-state index contributed by atoms with van der Waals surface area (Å²) in [5.74, 6) is -1.06. The van der Waals surface area contributed by atoms with Gasteiger partial charge in [-0.1, -0.05) is 6.07 Å². The predicted molar refractivity (Wildman–Crippen MR) is 103 cm³/mol. The number of hydrogen-bond donors (Lipinski definition) is 1. The van der Waals surface area contributed by atoms with E-state index in [1.165, 1.54) is 24.5 Å². The molecule has 10 heteroatoms. The van der Waals surface area contributed by atoms with Gasteiger partial charge in [-0.25, -0.2) is 4.98 Å². The molecule has 3 heterocycles. The lowest BCUT2D eigenvalue weighted by Gasteiger charge is -2.39. The molecule has 2 fully saturated rings. The fourth-order valence-corrected chi connectivity index (χ4v) is 4.37. The topological polar surface area (TPSA) is 84.4 Å². The quantitative estimate of drug-likeness (QED) is 0.799. The lowest BCUT2D eigenvalue weighted by Crippen LogP contribution is -2.52. The minimum absolute atomic E-state index is 0.0900. The highest BCUT2D eigenvalue weighted by Gasteiger charge is 2.44. The van der Waals surface area contributed by atoms with Crippen molar-refractivity contribution in [1.82, 2.24) is 20.2 Å². The van der Waals surface area contributed by atoms with E-state index in [0.717, 1.165) is 25.0 Å². The number of alkyl halides is 3. The van der Waals surface area contributed by atoms with Crippen LogP contribution in [0.2, 0.25) is 0 Å². The number of nitrogens with zero attached hydrogens (tertiary/aromatic N) is 3. The first-order valence-electron chi connectivity index (χ1n) is 9.97. The number of piperidine rings is 1. The molecule has 2 amide bonds. The van der Waals surface area contributed by atoms with Crippen LogP contribution in [0, 0.1) is 6.92 Å². The van der Waals surface area contributed by atoms with Crippen molar-refractivity contribution in [1.29, 1.82) is 0 Å². The normalized spacial score (nSPS) is 22.8. The van der Waals surface area contributed by atoms with Gasteiger partial charge in [0.1, 0.15) is 11.4 Å². The molecule has 1 aromatic heterocycles. The summed E-state index contributed by atoms with van der Waals surface area (Å²) >= 11 is 0. The van der Waals surface area contributed by atoms with E-state index in [1.54, 1.807) is 11.8 Å². The zero-order valence-electron chi connectivity index (χ0n) is 16.7. The van der Waals surface area contributed by atoms with Gasteiger partial charge in [0.25, 0.3) is 11.8 Å². The van der Waals surface area contributed by atoms with Crippen LogP contribution in [-0.4, -0.2) is 51.2 Å². The number of amides is 2. The summed E-state index contributed by atoms with van der Waals surface area (Å²) in [7, 11) is 0. The maximum absolute atomic E-state index is 13.0. The first kappa shape index (κ1) is 21.1. The molecule has 2 atom stereocenters. The Labute approximate surface area is 176 Å². The van der Waals surface area contributed by atoms with Crippen LogP contribution in [0.25, 0.3) is 0 Å². The molecule has 7 nitrogen and oxygen atoms in total. The molecule has 2 aliphatic heterocycles. The summed E-state index contributed by atoms with van der Waals surface area (Å²) < 4.78 is 41.4. The number of aryl methyl sites for hydroxylation is 1. The maximum atomic E-state index is 13.0. The Kier molecular flexibility index (Phi) is 5.55. The van der Waals surface area contributed by atoms with E-state index in [-0.39, 0.29) is 41.2 Å². The van der Waals surface area contributed by atoms with Crippen LogP contribution in [0.3, 0.4) is 0 Å². The third-order valence-corrected chi connectivity index (χ3v) is 5.63. The molecule has 2 bridgehead atoms. The molecule has 2 aliphatic rings. The molecule has 1 aromatic carbocycles. The van der Waals surface area contributed by atoms with Crippen molar-refractivity contribution in [2.45, 2.75) is 57.1 Å². The molecule has 2 saturated heterocycles. The Bertz CT molecular complexity index is 967. The predicted octanol–water partition coefficient (Wildman–Crippen LogP) is 3.25. The monoisotopic (exact) mass is 434 g/mol. The van der Waals surface area contributed by atoms with E-state index < -0.39 is 12.1 Å². The van der Waals surface area contributed by atoms with Crippen LogP contribution in [0.5, 0.6) is 5.75 Å². The van der Waals surface area contributed by atoms with Crippen molar-refractivity contribution in [2.75, 3.05) is 0 Å². The second-order valence-corrected chi connectivity index (χ2v) is 7.86. The summed E-state index contributed by atoms with van der Waals surface area (Å²) in [4.78, 5) is 35.4. The fourth-order valence-electron chi connectivity index (χ4n) is 4.37. The van der Waals surface area contributed by atoms with Gasteiger partial charge in [0.2, 0.25) is 0 Å². The van der Waals surface area contributed by atoms with E-state index in [0.29, 0.717) is 18.5 Å². The van der Waals surface area contributed by atoms with Gasteiger partial charge in [0, 0.05) is 29.9 Å². The Morgan fingerprint density at radius 2 is 1.84 bits per heavy atom. The van der Waals surface area contributed by atoms with Crippen LogP contribution >= 0.6 is 0 Å².